The number of anilines is 1. The summed E-state index contributed by atoms with van der Waals surface area (Å²) < 4.78 is 25.8. The fraction of sp³-hybridized carbons (Fsp3) is 0.190. The number of fused-ring (bicyclic) bond motifs is 1. The van der Waals surface area contributed by atoms with Gasteiger partial charge in [0.25, 0.3) is 0 Å². The molecule has 146 valence electrons. The van der Waals surface area contributed by atoms with E-state index in [9.17, 15) is 13.2 Å². The van der Waals surface area contributed by atoms with Crippen molar-refractivity contribution in [3.05, 3.63) is 66.2 Å². The van der Waals surface area contributed by atoms with Gasteiger partial charge in [0.15, 0.2) is 0 Å². The molecule has 0 fully saturated rings. The zero-order valence-electron chi connectivity index (χ0n) is 16.0. The second kappa shape index (κ2) is 8.34. The van der Waals surface area contributed by atoms with Gasteiger partial charge in [-0.05, 0) is 47.5 Å². The molecule has 3 aromatic rings. The summed E-state index contributed by atoms with van der Waals surface area (Å²) in [5.74, 6) is 0.0586. The number of amides is 1. The highest BCUT2D eigenvalue weighted by Crippen LogP contribution is 2.25. The minimum absolute atomic E-state index is 0.153. The second-order valence-electron chi connectivity index (χ2n) is 6.61. The minimum Gasteiger partial charge on any atom is -0.325 e. The van der Waals surface area contributed by atoms with Gasteiger partial charge >= 0.3 is 0 Å². The van der Waals surface area contributed by atoms with Crippen molar-refractivity contribution in [3.63, 3.8) is 0 Å². The zero-order valence-corrected chi connectivity index (χ0v) is 17.6. The molecule has 0 aliphatic carbocycles. The first kappa shape index (κ1) is 20.4. The van der Waals surface area contributed by atoms with Gasteiger partial charge in [0.1, 0.15) is 0 Å². The summed E-state index contributed by atoms with van der Waals surface area (Å²) in [5, 5.41) is 5.11. The Labute approximate surface area is 169 Å². The van der Waals surface area contributed by atoms with Crippen LogP contribution in [0.3, 0.4) is 0 Å². The molecule has 0 unspecified atom stereocenters. The van der Waals surface area contributed by atoms with Crippen molar-refractivity contribution in [3.8, 4) is 0 Å². The van der Waals surface area contributed by atoms with Crippen LogP contribution in [0.2, 0.25) is 0 Å². The number of thioether (sulfide) groups is 1. The Morgan fingerprint density at radius 3 is 2.43 bits per heavy atom. The van der Waals surface area contributed by atoms with E-state index in [1.165, 1.54) is 31.9 Å². The summed E-state index contributed by atoms with van der Waals surface area (Å²) >= 11 is 1.44. The molecule has 0 saturated heterocycles. The molecule has 7 heteroatoms. The van der Waals surface area contributed by atoms with Crippen LogP contribution in [0.5, 0.6) is 0 Å². The van der Waals surface area contributed by atoms with Gasteiger partial charge < -0.3 is 5.32 Å². The molecule has 0 heterocycles. The lowest BCUT2D eigenvalue weighted by Gasteiger charge is -2.14. The predicted octanol–water partition coefficient (Wildman–Crippen LogP) is 4.13. The fourth-order valence-corrected chi connectivity index (χ4v) is 4.37. The van der Waals surface area contributed by atoms with Gasteiger partial charge in [-0.15, -0.1) is 11.8 Å². The summed E-state index contributed by atoms with van der Waals surface area (Å²) in [6.07, 6.45) is 0. The average molecular weight is 415 g/mol. The van der Waals surface area contributed by atoms with Gasteiger partial charge in [0, 0.05) is 24.7 Å². The lowest BCUT2D eigenvalue weighted by atomic mass is 10.1. The third-order valence-electron chi connectivity index (χ3n) is 4.35. The maximum atomic E-state index is 12.4. The third-order valence-corrected chi connectivity index (χ3v) is 7.16. The summed E-state index contributed by atoms with van der Waals surface area (Å²) in [5.41, 5.74) is 1.31. The SMILES string of the molecule is Cc1ccc(S(=O)(=O)N(C)C)cc1NC(=O)CSc1ccc2ccccc2c1. The predicted molar refractivity (Wildman–Crippen MR) is 115 cm³/mol. The van der Waals surface area contributed by atoms with Crippen LogP contribution >= 0.6 is 11.8 Å². The molecule has 0 saturated carbocycles. The number of aryl methyl sites for hydroxylation is 1. The molecule has 0 bridgehead atoms. The molecule has 5 nitrogen and oxygen atoms in total. The quantitative estimate of drug-likeness (QED) is 0.616. The Kier molecular flexibility index (Phi) is 6.07. The van der Waals surface area contributed by atoms with Crippen molar-refractivity contribution in [2.24, 2.45) is 0 Å². The average Bonchev–Trinajstić information content (AvgIpc) is 2.67. The van der Waals surface area contributed by atoms with Gasteiger partial charge in [-0.1, -0.05) is 36.4 Å². The van der Waals surface area contributed by atoms with Crippen molar-refractivity contribution >= 4 is 44.2 Å². The largest absolute Gasteiger partial charge is 0.325 e. The molecule has 3 rings (SSSR count). The third kappa shape index (κ3) is 4.55. The molecule has 0 radical (unpaired) electrons. The standard InChI is InChI=1S/C21H22N2O3S2/c1-15-8-11-19(28(25,26)23(2)3)13-20(15)22-21(24)14-27-18-10-9-16-6-4-5-7-17(16)12-18/h4-13H,14H2,1-3H3,(H,22,24). The Morgan fingerprint density at radius 2 is 1.71 bits per heavy atom. The number of hydrogen-bond acceptors (Lipinski definition) is 4. The van der Waals surface area contributed by atoms with Gasteiger partial charge in [0.05, 0.1) is 10.6 Å². The smallest absolute Gasteiger partial charge is 0.242 e. The van der Waals surface area contributed by atoms with Crippen LogP contribution in [0.1, 0.15) is 5.56 Å². The topological polar surface area (TPSA) is 66.5 Å². The van der Waals surface area contributed by atoms with Crippen molar-refractivity contribution in [1.82, 2.24) is 4.31 Å². The molecule has 3 aromatic carbocycles. The first-order chi connectivity index (χ1) is 13.3. The van der Waals surface area contributed by atoms with E-state index in [0.29, 0.717) is 5.69 Å². The number of sulfonamides is 1. The van der Waals surface area contributed by atoms with Gasteiger partial charge in [-0.2, -0.15) is 0 Å². The van der Waals surface area contributed by atoms with Crippen LogP contribution in [-0.2, 0) is 14.8 Å². The Bertz CT molecular complexity index is 1130. The van der Waals surface area contributed by atoms with Crippen LogP contribution in [0.25, 0.3) is 10.8 Å². The lowest BCUT2D eigenvalue weighted by Crippen LogP contribution is -2.22. The first-order valence-electron chi connectivity index (χ1n) is 8.72. The van der Waals surface area contributed by atoms with Crippen molar-refractivity contribution in [2.45, 2.75) is 16.7 Å². The highest BCUT2D eigenvalue weighted by atomic mass is 32.2. The minimum atomic E-state index is -3.55. The summed E-state index contributed by atoms with van der Waals surface area (Å²) in [6, 6.07) is 18.9. The second-order valence-corrected chi connectivity index (χ2v) is 9.81. The molecule has 0 spiro atoms. The number of hydrogen-bond donors (Lipinski definition) is 1. The summed E-state index contributed by atoms with van der Waals surface area (Å²) in [6.45, 7) is 1.83. The van der Waals surface area contributed by atoms with E-state index >= 15 is 0 Å². The fourth-order valence-electron chi connectivity index (χ4n) is 2.70. The van der Waals surface area contributed by atoms with Crippen LogP contribution in [0.4, 0.5) is 5.69 Å². The van der Waals surface area contributed by atoms with Crippen LogP contribution in [0.15, 0.2) is 70.5 Å². The highest BCUT2D eigenvalue weighted by Gasteiger charge is 2.18. The Morgan fingerprint density at radius 1 is 1.00 bits per heavy atom. The van der Waals surface area contributed by atoms with E-state index in [4.69, 9.17) is 0 Å². The van der Waals surface area contributed by atoms with E-state index in [2.05, 4.69) is 11.4 Å². The van der Waals surface area contributed by atoms with E-state index in [1.54, 1.807) is 12.1 Å². The van der Waals surface area contributed by atoms with Crippen LogP contribution in [-0.4, -0.2) is 38.5 Å². The summed E-state index contributed by atoms with van der Waals surface area (Å²) in [7, 11) is -0.592. The van der Waals surface area contributed by atoms with Crippen molar-refractivity contribution in [1.29, 1.82) is 0 Å². The number of benzene rings is 3. The van der Waals surface area contributed by atoms with E-state index in [0.717, 1.165) is 25.5 Å². The van der Waals surface area contributed by atoms with Crippen molar-refractivity contribution in [2.75, 3.05) is 25.2 Å². The Hall–Kier alpha value is -2.35. The van der Waals surface area contributed by atoms with Gasteiger partial charge in [-0.3, -0.25) is 4.79 Å². The maximum absolute atomic E-state index is 12.4. The van der Waals surface area contributed by atoms with Crippen LogP contribution in [0, 0.1) is 6.92 Å². The van der Waals surface area contributed by atoms with E-state index < -0.39 is 10.0 Å². The Balaban J connectivity index is 1.70. The molecule has 0 aromatic heterocycles. The van der Waals surface area contributed by atoms with E-state index in [1.807, 2.05) is 43.3 Å². The summed E-state index contributed by atoms with van der Waals surface area (Å²) in [4.78, 5) is 13.6. The molecule has 0 aliphatic heterocycles. The molecular weight excluding hydrogens is 392 g/mol. The highest BCUT2D eigenvalue weighted by molar-refractivity contribution is 8.00. The van der Waals surface area contributed by atoms with Crippen LogP contribution < -0.4 is 5.32 Å². The molecule has 0 aliphatic rings. The van der Waals surface area contributed by atoms with Gasteiger partial charge in [0.2, 0.25) is 15.9 Å². The van der Waals surface area contributed by atoms with Crippen molar-refractivity contribution < 1.29 is 13.2 Å². The van der Waals surface area contributed by atoms with Gasteiger partial charge in [-0.25, -0.2) is 12.7 Å². The molecule has 0 atom stereocenters. The molecule has 28 heavy (non-hydrogen) atoms. The number of rotatable bonds is 6. The first-order valence-corrected chi connectivity index (χ1v) is 11.1. The normalized spacial score (nSPS) is 11.7. The maximum Gasteiger partial charge on any atom is 0.242 e. The van der Waals surface area contributed by atoms with E-state index in [-0.39, 0.29) is 16.6 Å². The number of carbonyl (C=O) groups excluding carboxylic acids is 1. The molecular formula is C21H22N2O3S2. The lowest BCUT2D eigenvalue weighted by molar-refractivity contribution is -0.113. The number of nitrogens with zero attached hydrogens (tertiary/aromatic N) is 1. The number of carbonyl (C=O) groups is 1. The number of nitrogens with one attached hydrogen (secondary N) is 1. The monoisotopic (exact) mass is 414 g/mol. The zero-order chi connectivity index (χ0) is 20.3. The molecule has 1 N–H and O–H groups in total. The molecule has 1 amide bonds.